The second kappa shape index (κ2) is 6.25. The summed E-state index contributed by atoms with van der Waals surface area (Å²) in [5.41, 5.74) is 11.9. The van der Waals surface area contributed by atoms with Gasteiger partial charge in [-0.1, -0.05) is 30.0 Å². The molecule has 1 aromatic carbocycles. The molecular weight excluding hydrogens is 274 g/mol. The van der Waals surface area contributed by atoms with Gasteiger partial charge in [0.2, 0.25) is 5.91 Å². The zero-order valence-electron chi connectivity index (χ0n) is 10.9. The van der Waals surface area contributed by atoms with Gasteiger partial charge >= 0.3 is 0 Å². The molecule has 2 aromatic rings. The summed E-state index contributed by atoms with van der Waals surface area (Å²) >= 11 is 1.20. The fourth-order valence-electron chi connectivity index (χ4n) is 1.49. The largest absolute Gasteiger partial charge is 0.383 e. The monoisotopic (exact) mass is 289 g/mol. The fraction of sp³-hybridized carbons (Fsp3) is 0.154. The average molecular weight is 289 g/mol. The van der Waals surface area contributed by atoms with Gasteiger partial charge in [-0.25, -0.2) is 9.97 Å². The van der Waals surface area contributed by atoms with Crippen molar-refractivity contribution in [2.75, 3.05) is 16.8 Å². The molecule has 0 spiro atoms. The minimum atomic E-state index is -0.364. The zero-order chi connectivity index (χ0) is 14.5. The van der Waals surface area contributed by atoms with Gasteiger partial charge in [-0.15, -0.1) is 0 Å². The van der Waals surface area contributed by atoms with Crippen LogP contribution >= 0.6 is 11.8 Å². The number of nitrogens with two attached hydrogens (primary N) is 2. The molecule has 0 aliphatic heterocycles. The number of carbonyl (C=O) groups is 1. The first-order chi connectivity index (χ1) is 9.54. The molecule has 2 rings (SSSR count). The third-order valence-corrected chi connectivity index (χ3v) is 3.40. The van der Waals surface area contributed by atoms with Crippen LogP contribution in [0.1, 0.15) is 6.92 Å². The summed E-state index contributed by atoms with van der Waals surface area (Å²) in [5, 5.41) is 2.84. The van der Waals surface area contributed by atoms with Gasteiger partial charge in [0.15, 0.2) is 5.16 Å². The number of carbonyl (C=O) groups excluding carboxylic acids is 1. The van der Waals surface area contributed by atoms with Crippen molar-refractivity contribution in [1.82, 2.24) is 9.97 Å². The third-order valence-electron chi connectivity index (χ3n) is 2.44. The molecule has 0 bridgehead atoms. The van der Waals surface area contributed by atoms with Crippen molar-refractivity contribution >= 4 is 35.0 Å². The molecular formula is C13H15N5OS. The predicted octanol–water partition coefficient (Wildman–Crippen LogP) is 1.76. The molecule has 7 heteroatoms. The van der Waals surface area contributed by atoms with Crippen molar-refractivity contribution in [1.29, 1.82) is 0 Å². The summed E-state index contributed by atoms with van der Waals surface area (Å²) in [7, 11) is 0. The highest BCUT2D eigenvalue weighted by Crippen LogP contribution is 2.22. The van der Waals surface area contributed by atoms with E-state index in [-0.39, 0.29) is 22.8 Å². The second-order valence-electron chi connectivity index (χ2n) is 4.12. The van der Waals surface area contributed by atoms with Crippen LogP contribution in [0, 0.1) is 0 Å². The van der Waals surface area contributed by atoms with E-state index in [1.807, 2.05) is 30.3 Å². The molecule has 0 unspecified atom stereocenters. The van der Waals surface area contributed by atoms with E-state index < -0.39 is 0 Å². The van der Waals surface area contributed by atoms with E-state index in [0.29, 0.717) is 5.16 Å². The maximum Gasteiger partial charge on any atom is 0.237 e. The van der Waals surface area contributed by atoms with Gasteiger partial charge in [0, 0.05) is 11.8 Å². The molecule has 0 saturated carbocycles. The summed E-state index contributed by atoms with van der Waals surface area (Å²) < 4.78 is 0. The first-order valence-electron chi connectivity index (χ1n) is 5.97. The van der Waals surface area contributed by atoms with Crippen LogP contribution in [0.2, 0.25) is 0 Å². The van der Waals surface area contributed by atoms with Gasteiger partial charge < -0.3 is 16.8 Å². The molecule has 1 atom stereocenters. The minimum absolute atomic E-state index is 0.134. The molecule has 0 aliphatic rings. The highest BCUT2D eigenvalue weighted by Gasteiger charge is 2.16. The van der Waals surface area contributed by atoms with E-state index in [1.54, 1.807) is 6.92 Å². The number of thioether (sulfide) groups is 1. The van der Waals surface area contributed by atoms with Crippen LogP contribution in [-0.2, 0) is 4.79 Å². The number of anilines is 3. The van der Waals surface area contributed by atoms with Crippen LogP contribution in [-0.4, -0.2) is 21.1 Å². The molecule has 5 N–H and O–H groups in total. The van der Waals surface area contributed by atoms with E-state index in [1.165, 1.54) is 17.8 Å². The number of hydrogen-bond acceptors (Lipinski definition) is 6. The lowest BCUT2D eigenvalue weighted by molar-refractivity contribution is -0.115. The predicted molar refractivity (Wildman–Crippen MR) is 81.2 cm³/mol. The van der Waals surface area contributed by atoms with Crippen LogP contribution < -0.4 is 16.8 Å². The molecule has 0 radical (unpaired) electrons. The molecule has 1 amide bonds. The van der Waals surface area contributed by atoms with Crippen LogP contribution in [0.5, 0.6) is 0 Å². The number of hydrogen-bond donors (Lipinski definition) is 3. The number of rotatable bonds is 4. The highest BCUT2D eigenvalue weighted by atomic mass is 32.2. The number of benzene rings is 1. The van der Waals surface area contributed by atoms with E-state index >= 15 is 0 Å². The summed E-state index contributed by atoms with van der Waals surface area (Å²) in [6.07, 6.45) is 0. The number of amides is 1. The second-order valence-corrected chi connectivity index (χ2v) is 5.42. The Hall–Kier alpha value is -2.28. The molecule has 1 heterocycles. The normalized spacial score (nSPS) is 11.8. The van der Waals surface area contributed by atoms with Gasteiger partial charge in [-0.05, 0) is 19.1 Å². The van der Waals surface area contributed by atoms with Crippen molar-refractivity contribution in [2.45, 2.75) is 17.3 Å². The first kappa shape index (κ1) is 14.1. The van der Waals surface area contributed by atoms with Gasteiger partial charge in [-0.3, -0.25) is 4.79 Å². The molecule has 0 fully saturated rings. The Bertz CT molecular complexity index is 585. The van der Waals surface area contributed by atoms with Gasteiger partial charge in [0.25, 0.3) is 0 Å². The van der Waals surface area contributed by atoms with Crippen molar-refractivity contribution < 1.29 is 4.79 Å². The maximum absolute atomic E-state index is 12.0. The molecule has 0 saturated heterocycles. The number of para-hydroxylation sites is 1. The lowest BCUT2D eigenvalue weighted by Crippen LogP contribution is -2.22. The Balaban J connectivity index is 2.00. The van der Waals surface area contributed by atoms with Crippen LogP contribution in [0.4, 0.5) is 17.3 Å². The Morgan fingerprint density at radius 3 is 2.40 bits per heavy atom. The number of aromatic nitrogens is 2. The van der Waals surface area contributed by atoms with Crippen molar-refractivity contribution in [3.63, 3.8) is 0 Å². The molecule has 1 aromatic heterocycles. The quantitative estimate of drug-likeness (QED) is 0.585. The smallest absolute Gasteiger partial charge is 0.237 e. The van der Waals surface area contributed by atoms with E-state index in [2.05, 4.69) is 15.3 Å². The summed E-state index contributed by atoms with van der Waals surface area (Å²) in [5.74, 6) is 0.442. The molecule has 104 valence electrons. The minimum Gasteiger partial charge on any atom is -0.383 e. The molecule has 0 aliphatic carbocycles. The SMILES string of the molecule is C[C@@H](Sc1nc(N)cc(N)n1)C(=O)Nc1ccccc1. The highest BCUT2D eigenvalue weighted by molar-refractivity contribution is 8.00. The summed E-state index contributed by atoms with van der Waals surface area (Å²) in [6, 6.07) is 10.7. The standard InChI is InChI=1S/C13H15N5OS/c1-8(12(19)16-9-5-3-2-4-6-9)20-13-17-10(14)7-11(15)18-13/h2-8H,1H3,(H,16,19)(H4,14,15,17,18)/t8-/m1/s1. The van der Waals surface area contributed by atoms with Crippen molar-refractivity contribution in [2.24, 2.45) is 0 Å². The summed E-state index contributed by atoms with van der Waals surface area (Å²) in [4.78, 5) is 20.1. The first-order valence-corrected chi connectivity index (χ1v) is 6.85. The van der Waals surface area contributed by atoms with E-state index in [0.717, 1.165) is 5.69 Å². The van der Waals surface area contributed by atoms with Gasteiger partial charge in [0.05, 0.1) is 5.25 Å². The van der Waals surface area contributed by atoms with Crippen LogP contribution in [0.15, 0.2) is 41.6 Å². The number of nitrogen functional groups attached to an aromatic ring is 2. The lowest BCUT2D eigenvalue weighted by Gasteiger charge is -2.11. The van der Waals surface area contributed by atoms with Crippen molar-refractivity contribution in [3.8, 4) is 0 Å². The van der Waals surface area contributed by atoms with Gasteiger partial charge in [0.1, 0.15) is 11.6 Å². The van der Waals surface area contributed by atoms with E-state index in [9.17, 15) is 4.79 Å². The Labute approximate surface area is 121 Å². The molecule has 20 heavy (non-hydrogen) atoms. The topological polar surface area (TPSA) is 107 Å². The average Bonchev–Trinajstić information content (AvgIpc) is 2.38. The molecule has 6 nitrogen and oxygen atoms in total. The lowest BCUT2D eigenvalue weighted by atomic mass is 10.3. The Morgan fingerprint density at radius 1 is 1.20 bits per heavy atom. The van der Waals surface area contributed by atoms with Crippen LogP contribution in [0.3, 0.4) is 0 Å². The van der Waals surface area contributed by atoms with Crippen molar-refractivity contribution in [3.05, 3.63) is 36.4 Å². The zero-order valence-corrected chi connectivity index (χ0v) is 11.7. The number of nitrogens with one attached hydrogen (secondary N) is 1. The number of nitrogens with zero attached hydrogens (tertiary/aromatic N) is 2. The third kappa shape index (κ3) is 3.86. The summed E-state index contributed by atoms with van der Waals surface area (Å²) in [6.45, 7) is 1.77. The fourth-order valence-corrected chi connectivity index (χ4v) is 2.29. The van der Waals surface area contributed by atoms with E-state index in [4.69, 9.17) is 11.5 Å². The Morgan fingerprint density at radius 2 is 1.80 bits per heavy atom. The maximum atomic E-state index is 12.0. The van der Waals surface area contributed by atoms with Gasteiger partial charge in [-0.2, -0.15) is 0 Å². The van der Waals surface area contributed by atoms with Crippen LogP contribution in [0.25, 0.3) is 0 Å². The Kier molecular flexibility index (Phi) is 4.41.